The zero-order chi connectivity index (χ0) is 32.8. The molecule has 0 amide bonds. The molecule has 234 valence electrons. The molecule has 0 saturated carbocycles. The summed E-state index contributed by atoms with van der Waals surface area (Å²) in [5.74, 6) is 1.80. The van der Waals surface area contributed by atoms with Gasteiger partial charge in [0.05, 0.1) is 12.2 Å². The van der Waals surface area contributed by atoms with Gasteiger partial charge < -0.3 is 9.47 Å². The monoisotopic (exact) mass is 622 g/mol. The highest BCUT2D eigenvalue weighted by atomic mass is 16.5. The number of hydrogen-bond donors (Lipinski definition) is 0. The SMILES string of the molecule is CC(C)Oc1ccc2ccccc2c1-c1cc(-c2cc(-c3c(OC(C)C)ccc4ccccc34)c3ccccc3c2)cc2ccccc12. The Hall–Kier alpha value is -5.60. The Balaban J connectivity index is 1.44. The summed E-state index contributed by atoms with van der Waals surface area (Å²) in [6.45, 7) is 8.37. The zero-order valence-corrected chi connectivity index (χ0v) is 27.8. The molecule has 2 nitrogen and oxygen atoms in total. The molecule has 0 bridgehead atoms. The van der Waals surface area contributed by atoms with Crippen molar-refractivity contribution in [1.82, 2.24) is 0 Å². The van der Waals surface area contributed by atoms with Crippen molar-refractivity contribution < 1.29 is 9.47 Å². The summed E-state index contributed by atoms with van der Waals surface area (Å²) in [5.41, 5.74) is 6.90. The molecule has 0 aliphatic heterocycles. The lowest BCUT2D eigenvalue weighted by Crippen LogP contribution is -2.07. The second-order valence-electron chi connectivity index (χ2n) is 13.1. The Morgan fingerprint density at radius 1 is 0.354 bits per heavy atom. The Kier molecular flexibility index (Phi) is 7.57. The third-order valence-corrected chi connectivity index (χ3v) is 9.10. The third-order valence-electron chi connectivity index (χ3n) is 9.10. The van der Waals surface area contributed by atoms with Crippen LogP contribution >= 0.6 is 0 Å². The molecule has 2 heteroatoms. The fourth-order valence-corrected chi connectivity index (χ4v) is 7.13. The number of fused-ring (bicyclic) bond motifs is 4. The van der Waals surface area contributed by atoms with Gasteiger partial charge in [-0.3, -0.25) is 0 Å². The molecule has 48 heavy (non-hydrogen) atoms. The topological polar surface area (TPSA) is 18.5 Å². The molecule has 0 aliphatic carbocycles. The maximum atomic E-state index is 6.51. The summed E-state index contributed by atoms with van der Waals surface area (Å²) < 4.78 is 13.0. The Bertz CT molecular complexity index is 2290. The van der Waals surface area contributed by atoms with E-state index >= 15 is 0 Å². The molecule has 0 unspecified atom stereocenters. The van der Waals surface area contributed by atoms with Gasteiger partial charge in [-0.1, -0.05) is 109 Å². The van der Waals surface area contributed by atoms with Crippen LogP contribution in [0.4, 0.5) is 0 Å². The van der Waals surface area contributed by atoms with Gasteiger partial charge in [0.1, 0.15) is 11.5 Å². The first-order valence-electron chi connectivity index (χ1n) is 16.9. The van der Waals surface area contributed by atoms with E-state index < -0.39 is 0 Å². The van der Waals surface area contributed by atoms with Crippen LogP contribution < -0.4 is 9.47 Å². The molecular weight excluding hydrogens is 585 g/mol. The maximum absolute atomic E-state index is 6.51. The number of benzene rings is 8. The molecule has 0 atom stereocenters. The van der Waals surface area contributed by atoms with E-state index in [0.29, 0.717) is 0 Å². The molecule has 8 rings (SSSR count). The second kappa shape index (κ2) is 12.2. The zero-order valence-electron chi connectivity index (χ0n) is 27.8. The fourth-order valence-electron chi connectivity index (χ4n) is 7.13. The second-order valence-corrected chi connectivity index (χ2v) is 13.1. The summed E-state index contributed by atoms with van der Waals surface area (Å²) in [4.78, 5) is 0. The van der Waals surface area contributed by atoms with Crippen molar-refractivity contribution in [3.05, 3.63) is 146 Å². The molecule has 0 heterocycles. The first-order valence-corrected chi connectivity index (χ1v) is 16.9. The number of rotatable bonds is 7. The molecule has 0 spiro atoms. The first kappa shape index (κ1) is 29.8. The van der Waals surface area contributed by atoms with Gasteiger partial charge in [-0.15, -0.1) is 0 Å². The van der Waals surface area contributed by atoms with Crippen LogP contribution in [0.2, 0.25) is 0 Å². The van der Waals surface area contributed by atoms with Crippen molar-refractivity contribution in [3.63, 3.8) is 0 Å². The van der Waals surface area contributed by atoms with E-state index in [1.54, 1.807) is 0 Å². The van der Waals surface area contributed by atoms with Gasteiger partial charge in [0.15, 0.2) is 0 Å². The van der Waals surface area contributed by atoms with Crippen LogP contribution in [0.3, 0.4) is 0 Å². The summed E-state index contributed by atoms with van der Waals surface area (Å²) in [7, 11) is 0. The highest BCUT2D eigenvalue weighted by Gasteiger charge is 2.20. The highest BCUT2D eigenvalue weighted by molar-refractivity contribution is 6.12. The van der Waals surface area contributed by atoms with Gasteiger partial charge in [0, 0.05) is 11.1 Å². The fraction of sp³-hybridized carbons (Fsp3) is 0.130. The maximum Gasteiger partial charge on any atom is 0.128 e. The van der Waals surface area contributed by atoms with Crippen LogP contribution in [0.1, 0.15) is 27.7 Å². The lowest BCUT2D eigenvalue weighted by atomic mass is 9.87. The summed E-state index contributed by atoms with van der Waals surface area (Å²) in [5, 5.41) is 9.54. The lowest BCUT2D eigenvalue weighted by molar-refractivity contribution is 0.243. The van der Waals surface area contributed by atoms with Gasteiger partial charge in [-0.2, -0.15) is 0 Å². The van der Waals surface area contributed by atoms with Gasteiger partial charge in [-0.25, -0.2) is 0 Å². The minimum atomic E-state index is 0.0466. The molecule has 0 saturated heterocycles. The van der Waals surface area contributed by atoms with Gasteiger partial charge in [0.25, 0.3) is 0 Å². The quantitative estimate of drug-likeness (QED) is 0.176. The van der Waals surface area contributed by atoms with Crippen LogP contribution in [0, 0.1) is 0 Å². The van der Waals surface area contributed by atoms with Crippen LogP contribution in [0.15, 0.2) is 146 Å². The summed E-state index contributed by atoms with van der Waals surface area (Å²) >= 11 is 0. The molecule has 0 radical (unpaired) electrons. The number of hydrogen-bond acceptors (Lipinski definition) is 2. The average molecular weight is 623 g/mol. The lowest BCUT2D eigenvalue weighted by Gasteiger charge is -2.21. The van der Waals surface area contributed by atoms with Crippen LogP contribution in [-0.4, -0.2) is 12.2 Å². The molecule has 8 aromatic rings. The Morgan fingerprint density at radius 2 is 0.708 bits per heavy atom. The molecule has 0 aliphatic rings. The van der Waals surface area contributed by atoms with Gasteiger partial charge in [-0.05, 0) is 129 Å². The van der Waals surface area contributed by atoms with E-state index in [4.69, 9.17) is 9.47 Å². The Labute approximate surface area is 282 Å². The minimum Gasteiger partial charge on any atom is -0.490 e. The standard InChI is InChI=1S/C46H38O2/c1-29(2)47-43-23-21-31-13-5-11-19-39(31)45(43)41-27-35(25-33-15-7-9-17-37(33)41)36-26-34-16-8-10-18-38(34)42(28-36)46-40-20-12-6-14-32(40)22-24-44(46)48-30(3)4/h5-30H,1-4H3. The van der Waals surface area contributed by atoms with Gasteiger partial charge >= 0.3 is 0 Å². The average Bonchev–Trinajstić information content (AvgIpc) is 3.10. The summed E-state index contributed by atoms with van der Waals surface area (Å²) in [6, 6.07) is 52.6. The molecular formula is C46H38O2. The summed E-state index contributed by atoms with van der Waals surface area (Å²) in [6.07, 6.45) is 0.0932. The normalized spacial score (nSPS) is 11.7. The predicted molar refractivity (Wildman–Crippen MR) is 204 cm³/mol. The largest absolute Gasteiger partial charge is 0.490 e. The Morgan fingerprint density at radius 3 is 1.10 bits per heavy atom. The van der Waals surface area contributed by atoms with E-state index in [-0.39, 0.29) is 12.2 Å². The van der Waals surface area contributed by atoms with Crippen LogP contribution in [-0.2, 0) is 0 Å². The van der Waals surface area contributed by atoms with Crippen molar-refractivity contribution >= 4 is 43.1 Å². The van der Waals surface area contributed by atoms with Crippen molar-refractivity contribution in [2.75, 3.05) is 0 Å². The molecule has 0 fully saturated rings. The van der Waals surface area contributed by atoms with Crippen molar-refractivity contribution in [2.24, 2.45) is 0 Å². The number of ether oxygens (including phenoxy) is 2. The van der Waals surface area contributed by atoms with Crippen LogP contribution in [0.25, 0.3) is 76.5 Å². The van der Waals surface area contributed by atoms with Gasteiger partial charge in [0.2, 0.25) is 0 Å². The predicted octanol–water partition coefficient (Wildman–Crippen LogP) is 12.9. The van der Waals surface area contributed by atoms with Crippen molar-refractivity contribution in [1.29, 1.82) is 0 Å². The molecule has 0 N–H and O–H groups in total. The van der Waals surface area contributed by atoms with Crippen molar-refractivity contribution in [2.45, 2.75) is 39.9 Å². The molecule has 8 aromatic carbocycles. The smallest absolute Gasteiger partial charge is 0.128 e. The van der Waals surface area contributed by atoms with E-state index in [1.807, 2.05) is 0 Å². The van der Waals surface area contributed by atoms with E-state index in [0.717, 1.165) is 33.8 Å². The first-order chi connectivity index (χ1) is 23.4. The van der Waals surface area contributed by atoms with Crippen LogP contribution in [0.5, 0.6) is 11.5 Å². The highest BCUT2D eigenvalue weighted by Crippen LogP contribution is 2.46. The molecule has 0 aromatic heterocycles. The minimum absolute atomic E-state index is 0.0466. The van der Waals surface area contributed by atoms with Crippen molar-refractivity contribution in [3.8, 4) is 44.9 Å². The van der Waals surface area contributed by atoms with E-state index in [9.17, 15) is 0 Å². The van der Waals surface area contributed by atoms with E-state index in [2.05, 4.69) is 173 Å². The third kappa shape index (κ3) is 5.34. The van der Waals surface area contributed by atoms with E-state index in [1.165, 1.54) is 54.2 Å².